The van der Waals surface area contributed by atoms with Gasteiger partial charge in [0.15, 0.2) is 15.8 Å². The van der Waals surface area contributed by atoms with Gasteiger partial charge in [0.25, 0.3) is 0 Å². The van der Waals surface area contributed by atoms with E-state index in [1.165, 1.54) is 7.11 Å². The first-order valence-electron chi connectivity index (χ1n) is 8.79. The predicted octanol–water partition coefficient (Wildman–Crippen LogP) is 1.93. The largest absolute Gasteiger partial charge is 0.469 e. The standard InChI is InChI=1S/C18H27N3O4S.HI/c1-19-18(21-12-9-15(10-13-21)17(22)25-2)20-11-6-14-26(23,24)16-7-4-3-5-8-16;/h3-5,7-8,15H,6,9-14H2,1-2H3,(H,19,20);1H. The smallest absolute Gasteiger partial charge is 0.308 e. The number of rotatable bonds is 6. The number of carbonyl (C=O) groups is 1. The minimum absolute atomic E-state index is 0. The van der Waals surface area contributed by atoms with Crippen LogP contribution < -0.4 is 5.32 Å². The summed E-state index contributed by atoms with van der Waals surface area (Å²) < 4.78 is 29.3. The second-order valence-corrected chi connectivity index (χ2v) is 8.35. The molecule has 0 spiro atoms. The molecule has 1 saturated heterocycles. The van der Waals surface area contributed by atoms with Crippen LogP contribution in [0.2, 0.25) is 0 Å². The Morgan fingerprint density at radius 1 is 1.26 bits per heavy atom. The fraction of sp³-hybridized carbons (Fsp3) is 0.556. The van der Waals surface area contributed by atoms with Gasteiger partial charge in [-0.2, -0.15) is 0 Å². The molecule has 1 aliphatic rings. The molecule has 0 radical (unpaired) electrons. The van der Waals surface area contributed by atoms with Gasteiger partial charge in [0.05, 0.1) is 23.7 Å². The third-order valence-electron chi connectivity index (χ3n) is 4.52. The van der Waals surface area contributed by atoms with Crippen LogP contribution in [0.4, 0.5) is 0 Å². The normalized spacial score (nSPS) is 15.8. The molecule has 1 heterocycles. The molecule has 0 saturated carbocycles. The number of guanidine groups is 1. The van der Waals surface area contributed by atoms with Crippen LogP contribution in [0.15, 0.2) is 40.2 Å². The van der Waals surface area contributed by atoms with Crippen molar-refractivity contribution in [1.82, 2.24) is 10.2 Å². The SMILES string of the molecule is CN=C(NCCCS(=O)(=O)c1ccccc1)N1CCC(C(=O)OC)CC1.I. The van der Waals surface area contributed by atoms with Gasteiger partial charge in [0, 0.05) is 26.7 Å². The number of benzene rings is 1. The van der Waals surface area contributed by atoms with Crippen molar-refractivity contribution in [3.8, 4) is 0 Å². The van der Waals surface area contributed by atoms with Gasteiger partial charge >= 0.3 is 5.97 Å². The Bertz CT molecular complexity index is 717. The Hall–Kier alpha value is -1.36. The molecule has 2 rings (SSSR count). The van der Waals surface area contributed by atoms with Gasteiger partial charge in [0.2, 0.25) is 0 Å². The monoisotopic (exact) mass is 509 g/mol. The van der Waals surface area contributed by atoms with Crippen LogP contribution in [0.3, 0.4) is 0 Å². The van der Waals surface area contributed by atoms with Crippen molar-refractivity contribution in [3.63, 3.8) is 0 Å². The van der Waals surface area contributed by atoms with Gasteiger partial charge < -0.3 is 15.0 Å². The zero-order valence-corrected chi connectivity index (χ0v) is 18.9. The zero-order chi connectivity index (χ0) is 19.0. The molecule has 27 heavy (non-hydrogen) atoms. The lowest BCUT2D eigenvalue weighted by Crippen LogP contribution is -2.47. The van der Waals surface area contributed by atoms with Gasteiger partial charge in [-0.05, 0) is 31.4 Å². The van der Waals surface area contributed by atoms with Crippen LogP contribution in [-0.4, -0.2) is 64.8 Å². The van der Waals surface area contributed by atoms with Crippen LogP contribution in [0.1, 0.15) is 19.3 Å². The number of hydrogen-bond acceptors (Lipinski definition) is 5. The maximum atomic E-state index is 12.3. The lowest BCUT2D eigenvalue weighted by molar-refractivity contribution is -0.146. The molecule has 0 unspecified atom stereocenters. The molecule has 9 heteroatoms. The number of esters is 1. The second kappa shape index (κ2) is 11.5. The van der Waals surface area contributed by atoms with E-state index < -0.39 is 9.84 Å². The van der Waals surface area contributed by atoms with Gasteiger partial charge in [-0.3, -0.25) is 9.79 Å². The molecule has 0 aromatic heterocycles. The number of methoxy groups -OCH3 is 1. The summed E-state index contributed by atoms with van der Waals surface area (Å²) in [5, 5.41) is 3.22. The van der Waals surface area contributed by atoms with Gasteiger partial charge in [0.1, 0.15) is 0 Å². The van der Waals surface area contributed by atoms with Crippen LogP contribution >= 0.6 is 24.0 Å². The summed E-state index contributed by atoms with van der Waals surface area (Å²) in [6, 6.07) is 8.49. The zero-order valence-electron chi connectivity index (χ0n) is 15.8. The highest BCUT2D eigenvalue weighted by molar-refractivity contribution is 14.0. The molecule has 1 aromatic rings. The number of halogens is 1. The Morgan fingerprint density at radius 2 is 1.89 bits per heavy atom. The number of nitrogens with one attached hydrogen (secondary N) is 1. The summed E-state index contributed by atoms with van der Waals surface area (Å²) >= 11 is 0. The van der Waals surface area contributed by atoms with E-state index in [0.717, 1.165) is 31.9 Å². The van der Waals surface area contributed by atoms with Crippen molar-refractivity contribution in [1.29, 1.82) is 0 Å². The maximum Gasteiger partial charge on any atom is 0.308 e. The average Bonchev–Trinajstić information content (AvgIpc) is 2.68. The number of aliphatic imine (C=N–C) groups is 1. The highest BCUT2D eigenvalue weighted by Gasteiger charge is 2.26. The van der Waals surface area contributed by atoms with Gasteiger partial charge in [-0.1, -0.05) is 18.2 Å². The first kappa shape index (κ1) is 23.7. The number of sulfone groups is 1. The Kier molecular flexibility index (Phi) is 10.1. The third kappa shape index (κ3) is 6.95. The van der Waals surface area contributed by atoms with Crippen molar-refractivity contribution < 1.29 is 17.9 Å². The quantitative estimate of drug-likeness (QED) is 0.207. The number of nitrogens with zero attached hydrogens (tertiary/aromatic N) is 2. The molecular weight excluding hydrogens is 481 g/mol. The van der Waals surface area contributed by atoms with Gasteiger partial charge in [-0.15, -0.1) is 24.0 Å². The average molecular weight is 509 g/mol. The Balaban J connectivity index is 0.00000364. The van der Waals surface area contributed by atoms with Crippen molar-refractivity contribution in [2.75, 3.05) is 39.5 Å². The molecule has 152 valence electrons. The van der Waals surface area contributed by atoms with Crippen molar-refractivity contribution >= 4 is 45.7 Å². The fourth-order valence-corrected chi connectivity index (χ4v) is 4.37. The molecule has 0 amide bonds. The van der Waals surface area contributed by atoms with E-state index in [0.29, 0.717) is 17.9 Å². The van der Waals surface area contributed by atoms with Crippen molar-refractivity contribution in [2.24, 2.45) is 10.9 Å². The van der Waals surface area contributed by atoms with Crippen LogP contribution in [0, 0.1) is 5.92 Å². The summed E-state index contributed by atoms with van der Waals surface area (Å²) in [6.45, 7) is 1.97. The lowest BCUT2D eigenvalue weighted by Gasteiger charge is -2.33. The number of likely N-dealkylation sites (tertiary alicyclic amines) is 1. The van der Waals surface area contributed by atoms with Crippen LogP contribution in [0.25, 0.3) is 0 Å². The van der Waals surface area contributed by atoms with Gasteiger partial charge in [-0.25, -0.2) is 8.42 Å². The molecule has 0 bridgehead atoms. The fourth-order valence-electron chi connectivity index (χ4n) is 3.03. The summed E-state index contributed by atoms with van der Waals surface area (Å²) in [5.74, 6) is 0.625. The van der Waals surface area contributed by atoms with E-state index in [9.17, 15) is 13.2 Å². The molecule has 7 nitrogen and oxygen atoms in total. The van der Waals surface area contributed by atoms with E-state index in [-0.39, 0.29) is 41.6 Å². The van der Waals surface area contributed by atoms with E-state index in [2.05, 4.69) is 15.2 Å². The molecule has 0 atom stereocenters. The third-order valence-corrected chi connectivity index (χ3v) is 6.33. The van der Waals surface area contributed by atoms with Crippen molar-refractivity contribution in [3.05, 3.63) is 30.3 Å². The maximum absolute atomic E-state index is 12.3. The number of carbonyl (C=O) groups excluding carboxylic acids is 1. The van der Waals surface area contributed by atoms with E-state index in [1.807, 2.05) is 0 Å². The van der Waals surface area contributed by atoms with E-state index in [1.54, 1.807) is 37.4 Å². The number of hydrogen-bond donors (Lipinski definition) is 1. The van der Waals surface area contributed by atoms with E-state index >= 15 is 0 Å². The molecular formula is C18H28IN3O4S. The molecule has 1 aromatic carbocycles. The highest BCUT2D eigenvalue weighted by Crippen LogP contribution is 2.18. The molecule has 1 aliphatic heterocycles. The van der Waals surface area contributed by atoms with E-state index in [4.69, 9.17) is 4.74 Å². The number of piperidine rings is 1. The summed E-state index contributed by atoms with van der Waals surface area (Å²) in [7, 11) is -0.135. The first-order valence-corrected chi connectivity index (χ1v) is 10.4. The summed E-state index contributed by atoms with van der Waals surface area (Å²) in [6.07, 6.45) is 1.96. The van der Waals surface area contributed by atoms with Crippen LogP contribution in [-0.2, 0) is 19.4 Å². The topological polar surface area (TPSA) is 88.1 Å². The molecule has 0 aliphatic carbocycles. The molecule has 1 fully saturated rings. The minimum Gasteiger partial charge on any atom is -0.469 e. The first-order chi connectivity index (χ1) is 12.5. The minimum atomic E-state index is -3.25. The predicted molar refractivity (Wildman–Crippen MR) is 116 cm³/mol. The number of ether oxygens (including phenoxy) is 1. The summed E-state index contributed by atoms with van der Waals surface area (Å²) in [5.41, 5.74) is 0. The van der Waals surface area contributed by atoms with Crippen LogP contribution in [0.5, 0.6) is 0 Å². The molecule has 1 N–H and O–H groups in total. The highest BCUT2D eigenvalue weighted by atomic mass is 127. The summed E-state index contributed by atoms with van der Waals surface area (Å²) in [4.78, 5) is 18.3. The Labute approximate surface area is 178 Å². The second-order valence-electron chi connectivity index (χ2n) is 6.24. The Morgan fingerprint density at radius 3 is 2.44 bits per heavy atom. The van der Waals surface area contributed by atoms with Crippen molar-refractivity contribution in [2.45, 2.75) is 24.2 Å². The lowest BCUT2D eigenvalue weighted by atomic mass is 9.97.